The van der Waals surface area contributed by atoms with Crippen LogP contribution in [-0.2, 0) is 19.3 Å². The number of hydrogen-bond acceptors (Lipinski definition) is 1. The van der Waals surface area contributed by atoms with E-state index >= 15 is 0 Å². The first-order valence-electron chi connectivity index (χ1n) is 9.00. The van der Waals surface area contributed by atoms with Crippen molar-refractivity contribution in [3.8, 4) is 0 Å². The average molecular weight is 346 g/mol. The molecule has 0 aromatic heterocycles. The van der Waals surface area contributed by atoms with Crippen LogP contribution in [0.25, 0.3) is 0 Å². The lowest BCUT2D eigenvalue weighted by Crippen LogP contribution is -2.01. The van der Waals surface area contributed by atoms with Crippen LogP contribution in [0.3, 0.4) is 0 Å². The Balaban J connectivity index is 0.000000290. The first-order chi connectivity index (χ1) is 12.6. The lowest BCUT2D eigenvalue weighted by Gasteiger charge is -2.07. The van der Waals surface area contributed by atoms with Gasteiger partial charge in [0.25, 0.3) is 0 Å². The number of hydrogen-bond donors (Lipinski definition) is 1. The molecule has 134 valence electrons. The Morgan fingerprint density at radius 3 is 1.81 bits per heavy atom. The smallest absolute Gasteiger partial charge is 0.335 e. The fourth-order valence-electron chi connectivity index (χ4n) is 2.70. The number of carboxylic acids is 1. The van der Waals surface area contributed by atoms with Gasteiger partial charge in [0.15, 0.2) is 0 Å². The van der Waals surface area contributed by atoms with E-state index < -0.39 is 5.97 Å². The topological polar surface area (TPSA) is 37.3 Å². The molecule has 3 rings (SSSR count). The van der Waals surface area contributed by atoms with Crippen LogP contribution in [0.4, 0.5) is 0 Å². The molecule has 2 heteroatoms. The molecule has 0 bridgehead atoms. The normalized spacial score (nSPS) is 9.92. The van der Waals surface area contributed by atoms with E-state index in [-0.39, 0.29) is 0 Å². The molecule has 3 aromatic carbocycles. The molecule has 0 aliphatic heterocycles. The first kappa shape index (κ1) is 19.5. The van der Waals surface area contributed by atoms with Crippen LogP contribution in [0, 0.1) is 6.92 Å². The van der Waals surface area contributed by atoms with Gasteiger partial charge >= 0.3 is 5.97 Å². The fourth-order valence-corrected chi connectivity index (χ4v) is 2.70. The van der Waals surface area contributed by atoms with Gasteiger partial charge in [0, 0.05) is 0 Å². The highest BCUT2D eigenvalue weighted by Gasteiger charge is 2.06. The molecule has 26 heavy (non-hydrogen) atoms. The SMILES string of the molecule is CCc1cc(CCc2ccccc2)cc(C(=O)O)c1.Cc1ccccc1. The molecule has 0 saturated carbocycles. The molecule has 0 fully saturated rings. The lowest BCUT2D eigenvalue weighted by molar-refractivity contribution is 0.0696. The summed E-state index contributed by atoms with van der Waals surface area (Å²) in [5, 5.41) is 9.11. The van der Waals surface area contributed by atoms with Gasteiger partial charge in [0.2, 0.25) is 0 Å². The number of rotatable bonds is 5. The molecule has 0 spiro atoms. The third-order valence-electron chi connectivity index (χ3n) is 4.19. The van der Waals surface area contributed by atoms with E-state index in [2.05, 4.69) is 37.3 Å². The highest BCUT2D eigenvalue weighted by atomic mass is 16.4. The van der Waals surface area contributed by atoms with Gasteiger partial charge in [-0.05, 0) is 55.0 Å². The molecule has 0 radical (unpaired) electrons. The quantitative estimate of drug-likeness (QED) is 0.641. The van der Waals surface area contributed by atoms with E-state index in [9.17, 15) is 4.79 Å². The van der Waals surface area contributed by atoms with Crippen molar-refractivity contribution in [2.45, 2.75) is 33.1 Å². The summed E-state index contributed by atoms with van der Waals surface area (Å²) in [6.45, 7) is 4.13. The zero-order valence-corrected chi connectivity index (χ0v) is 15.5. The number of aryl methyl sites for hydroxylation is 4. The highest BCUT2D eigenvalue weighted by molar-refractivity contribution is 5.88. The van der Waals surface area contributed by atoms with Gasteiger partial charge in [-0.25, -0.2) is 4.79 Å². The van der Waals surface area contributed by atoms with Crippen molar-refractivity contribution in [1.29, 1.82) is 0 Å². The molecule has 0 atom stereocenters. The van der Waals surface area contributed by atoms with Crippen LogP contribution < -0.4 is 0 Å². The number of carbonyl (C=O) groups is 1. The summed E-state index contributed by atoms with van der Waals surface area (Å²) in [4.78, 5) is 11.1. The van der Waals surface area contributed by atoms with Crippen molar-refractivity contribution in [2.24, 2.45) is 0 Å². The molecule has 0 saturated heterocycles. The first-order valence-corrected chi connectivity index (χ1v) is 9.00. The molecular weight excluding hydrogens is 320 g/mol. The van der Waals surface area contributed by atoms with Crippen LogP contribution >= 0.6 is 0 Å². The van der Waals surface area contributed by atoms with Gasteiger partial charge in [-0.2, -0.15) is 0 Å². The average Bonchev–Trinajstić information content (AvgIpc) is 2.68. The van der Waals surface area contributed by atoms with E-state index in [1.54, 1.807) is 12.1 Å². The van der Waals surface area contributed by atoms with Crippen molar-refractivity contribution in [1.82, 2.24) is 0 Å². The largest absolute Gasteiger partial charge is 0.478 e. The zero-order chi connectivity index (χ0) is 18.8. The summed E-state index contributed by atoms with van der Waals surface area (Å²) in [6.07, 6.45) is 2.67. The summed E-state index contributed by atoms with van der Waals surface area (Å²) in [5.41, 5.74) is 5.18. The predicted molar refractivity (Wildman–Crippen MR) is 108 cm³/mol. The molecule has 0 aliphatic rings. The van der Waals surface area contributed by atoms with Crippen molar-refractivity contribution >= 4 is 5.97 Å². The Morgan fingerprint density at radius 1 is 0.769 bits per heavy atom. The van der Waals surface area contributed by atoms with Gasteiger partial charge < -0.3 is 5.11 Å². The molecule has 2 nitrogen and oxygen atoms in total. The lowest BCUT2D eigenvalue weighted by atomic mass is 9.99. The number of aromatic carboxylic acids is 1. The van der Waals surface area contributed by atoms with E-state index in [1.165, 1.54) is 11.1 Å². The van der Waals surface area contributed by atoms with Crippen LogP contribution in [0.1, 0.15) is 39.5 Å². The standard InChI is InChI=1S/C17H18O2.C7H8/c1-2-13-10-15(12-16(11-13)17(18)19)9-8-14-6-4-3-5-7-14;1-7-5-3-2-4-6-7/h3-7,10-12H,2,8-9H2,1H3,(H,18,19);2-6H,1H3. The molecule has 0 unspecified atom stereocenters. The monoisotopic (exact) mass is 346 g/mol. The second-order valence-corrected chi connectivity index (χ2v) is 6.34. The van der Waals surface area contributed by atoms with Crippen LogP contribution in [0.2, 0.25) is 0 Å². The minimum absolute atomic E-state index is 0.391. The third kappa shape index (κ3) is 6.56. The maximum absolute atomic E-state index is 11.1. The summed E-state index contributed by atoms with van der Waals surface area (Å²) in [7, 11) is 0. The van der Waals surface area contributed by atoms with E-state index in [4.69, 9.17) is 5.11 Å². The van der Waals surface area contributed by atoms with Crippen molar-refractivity contribution < 1.29 is 9.90 Å². The molecule has 0 heterocycles. The van der Waals surface area contributed by atoms with Crippen molar-refractivity contribution in [3.05, 3.63) is 107 Å². The summed E-state index contributed by atoms with van der Waals surface area (Å²) >= 11 is 0. The predicted octanol–water partition coefficient (Wildman–Crippen LogP) is 5.73. The molecule has 0 aliphatic carbocycles. The summed E-state index contributed by atoms with van der Waals surface area (Å²) in [6, 6.07) is 26.2. The number of carboxylic acid groups (broad SMARTS) is 1. The van der Waals surface area contributed by atoms with Crippen LogP contribution in [0.5, 0.6) is 0 Å². The zero-order valence-electron chi connectivity index (χ0n) is 15.5. The summed E-state index contributed by atoms with van der Waals surface area (Å²) in [5.74, 6) is -0.851. The highest BCUT2D eigenvalue weighted by Crippen LogP contribution is 2.14. The maximum Gasteiger partial charge on any atom is 0.335 e. The fraction of sp³-hybridized carbons (Fsp3) is 0.208. The van der Waals surface area contributed by atoms with Gasteiger partial charge in [-0.3, -0.25) is 0 Å². The molecular formula is C24H26O2. The van der Waals surface area contributed by atoms with E-state index in [0.29, 0.717) is 5.56 Å². The summed E-state index contributed by atoms with van der Waals surface area (Å²) < 4.78 is 0. The Kier molecular flexibility index (Phi) is 7.63. The van der Waals surface area contributed by atoms with Crippen molar-refractivity contribution in [2.75, 3.05) is 0 Å². The Hall–Kier alpha value is -2.87. The van der Waals surface area contributed by atoms with E-state index in [1.807, 2.05) is 43.3 Å². The second kappa shape index (κ2) is 10.2. The molecule has 1 N–H and O–H groups in total. The minimum Gasteiger partial charge on any atom is -0.478 e. The van der Waals surface area contributed by atoms with E-state index in [0.717, 1.165) is 30.4 Å². The van der Waals surface area contributed by atoms with Gasteiger partial charge in [-0.15, -0.1) is 0 Å². The minimum atomic E-state index is -0.851. The van der Waals surface area contributed by atoms with Crippen molar-refractivity contribution in [3.63, 3.8) is 0 Å². The molecule has 3 aromatic rings. The van der Waals surface area contributed by atoms with Gasteiger partial charge in [-0.1, -0.05) is 79.2 Å². The van der Waals surface area contributed by atoms with Crippen LogP contribution in [-0.4, -0.2) is 11.1 Å². The Bertz CT molecular complexity index is 808. The Morgan fingerprint density at radius 2 is 1.31 bits per heavy atom. The third-order valence-corrected chi connectivity index (χ3v) is 4.19. The Labute approximate surface area is 156 Å². The maximum atomic E-state index is 11.1. The second-order valence-electron chi connectivity index (χ2n) is 6.34. The molecule has 0 amide bonds. The van der Waals surface area contributed by atoms with Gasteiger partial charge in [0.05, 0.1) is 5.56 Å². The number of benzene rings is 3. The van der Waals surface area contributed by atoms with Crippen LogP contribution in [0.15, 0.2) is 78.9 Å². The van der Waals surface area contributed by atoms with Gasteiger partial charge in [0.1, 0.15) is 0 Å².